The van der Waals surface area contributed by atoms with Gasteiger partial charge in [0.05, 0.1) is 12.4 Å². The minimum Gasteiger partial charge on any atom is -0.272 e. The lowest BCUT2D eigenvalue weighted by atomic mass is 10.1. The molecule has 0 fully saturated rings. The molecule has 8 heteroatoms. The van der Waals surface area contributed by atoms with Crippen LogP contribution in [0.5, 0.6) is 0 Å². The molecule has 0 bridgehead atoms. The van der Waals surface area contributed by atoms with Crippen molar-refractivity contribution < 1.29 is 9.59 Å². The number of rotatable bonds is 7. The summed E-state index contributed by atoms with van der Waals surface area (Å²) in [6.07, 6.45) is 3.36. The van der Waals surface area contributed by atoms with Gasteiger partial charge in [0.2, 0.25) is 0 Å². The molecular weight excluding hydrogens is 476 g/mol. The number of halogens is 2. The number of benzene rings is 2. The first-order valence-corrected chi connectivity index (χ1v) is 9.75. The van der Waals surface area contributed by atoms with Gasteiger partial charge in [0.1, 0.15) is 5.92 Å². The van der Waals surface area contributed by atoms with Crippen molar-refractivity contribution in [2.75, 3.05) is 0 Å². The molecule has 0 atom stereocenters. The van der Waals surface area contributed by atoms with Crippen LogP contribution in [-0.2, 0) is 9.59 Å². The fourth-order valence-corrected chi connectivity index (χ4v) is 2.99. The predicted molar refractivity (Wildman–Crippen MR) is 114 cm³/mol. The second-order valence-corrected chi connectivity index (χ2v) is 7.37. The molecule has 2 aromatic rings. The molecule has 140 valence electrons. The van der Waals surface area contributed by atoms with Gasteiger partial charge in [-0.3, -0.25) is 9.59 Å². The smallest absolute Gasteiger partial charge is 0.252 e. The first-order chi connectivity index (χ1) is 13.0. The molecule has 6 nitrogen and oxygen atoms in total. The third kappa shape index (κ3) is 7.07. The van der Waals surface area contributed by atoms with Crippen LogP contribution in [0.4, 0.5) is 0 Å². The minimum absolute atomic E-state index is 0.330. The van der Waals surface area contributed by atoms with Gasteiger partial charge in [-0.25, -0.2) is 10.9 Å². The molecule has 2 amide bonds. The van der Waals surface area contributed by atoms with Crippen molar-refractivity contribution in [1.82, 2.24) is 10.9 Å². The lowest BCUT2D eigenvalue weighted by Gasteiger charge is -2.10. The number of hydrogen-bond donors (Lipinski definition) is 2. The van der Waals surface area contributed by atoms with Crippen molar-refractivity contribution >= 4 is 56.1 Å². The van der Waals surface area contributed by atoms with Crippen LogP contribution in [0.1, 0.15) is 24.5 Å². The lowest BCUT2D eigenvalue weighted by Crippen LogP contribution is -2.37. The highest BCUT2D eigenvalue weighted by Crippen LogP contribution is 2.11. The largest absolute Gasteiger partial charge is 0.272 e. The van der Waals surface area contributed by atoms with Crippen LogP contribution in [-0.4, -0.2) is 24.2 Å². The van der Waals surface area contributed by atoms with E-state index in [2.05, 4.69) is 52.9 Å². The topological polar surface area (TPSA) is 82.9 Å². The van der Waals surface area contributed by atoms with Gasteiger partial charge in [0.15, 0.2) is 0 Å². The molecule has 0 aliphatic carbocycles. The van der Waals surface area contributed by atoms with Crippen molar-refractivity contribution in [3.63, 3.8) is 0 Å². The number of amides is 2. The Balaban J connectivity index is 1.90. The summed E-state index contributed by atoms with van der Waals surface area (Å²) in [5.74, 6) is -1.86. The molecule has 0 radical (unpaired) electrons. The average Bonchev–Trinajstić information content (AvgIpc) is 2.62. The van der Waals surface area contributed by atoms with Gasteiger partial charge >= 0.3 is 0 Å². The number of hydrazone groups is 2. The molecular formula is C19H18Br2N4O2. The maximum absolute atomic E-state index is 12.2. The van der Waals surface area contributed by atoms with Crippen LogP contribution in [0.2, 0.25) is 0 Å². The van der Waals surface area contributed by atoms with Crippen molar-refractivity contribution in [3.8, 4) is 0 Å². The van der Waals surface area contributed by atoms with E-state index in [1.54, 1.807) is 6.92 Å². The molecule has 0 saturated heterocycles. The highest BCUT2D eigenvalue weighted by Gasteiger charge is 2.24. The minimum atomic E-state index is -0.885. The van der Waals surface area contributed by atoms with Crippen molar-refractivity contribution in [2.24, 2.45) is 16.1 Å². The highest BCUT2D eigenvalue weighted by molar-refractivity contribution is 9.10. The molecule has 0 aliphatic rings. The fraction of sp³-hybridized carbons (Fsp3) is 0.158. The van der Waals surface area contributed by atoms with Gasteiger partial charge in [-0.15, -0.1) is 0 Å². The summed E-state index contributed by atoms with van der Waals surface area (Å²) >= 11 is 6.73. The fourth-order valence-electron chi connectivity index (χ4n) is 2.16. The van der Waals surface area contributed by atoms with Gasteiger partial charge in [-0.05, 0) is 41.8 Å². The molecule has 0 heterocycles. The summed E-state index contributed by atoms with van der Waals surface area (Å²) in [7, 11) is 0. The Hall–Kier alpha value is -2.32. The zero-order valence-electron chi connectivity index (χ0n) is 14.5. The third-order valence-corrected chi connectivity index (χ3v) is 4.50. The maximum Gasteiger partial charge on any atom is 0.252 e. The van der Waals surface area contributed by atoms with E-state index >= 15 is 0 Å². The van der Waals surface area contributed by atoms with Crippen LogP contribution in [0.3, 0.4) is 0 Å². The van der Waals surface area contributed by atoms with Crippen LogP contribution in [0.25, 0.3) is 0 Å². The Labute approximate surface area is 174 Å². The zero-order chi connectivity index (χ0) is 19.6. The van der Waals surface area contributed by atoms with Gasteiger partial charge in [0.25, 0.3) is 11.8 Å². The molecule has 0 aliphatic heterocycles. The first-order valence-electron chi connectivity index (χ1n) is 8.16. The molecule has 0 aromatic heterocycles. The van der Waals surface area contributed by atoms with Crippen LogP contribution in [0, 0.1) is 5.92 Å². The van der Waals surface area contributed by atoms with E-state index in [-0.39, 0.29) is 0 Å². The number of carbonyl (C=O) groups excluding carboxylic acids is 2. The van der Waals surface area contributed by atoms with E-state index < -0.39 is 17.7 Å². The first kappa shape index (κ1) is 21.0. The van der Waals surface area contributed by atoms with Crippen molar-refractivity contribution in [3.05, 3.63) is 68.6 Å². The van der Waals surface area contributed by atoms with E-state index in [9.17, 15) is 9.59 Å². The van der Waals surface area contributed by atoms with Crippen molar-refractivity contribution in [2.45, 2.75) is 13.3 Å². The van der Waals surface area contributed by atoms with Crippen LogP contribution >= 0.6 is 31.9 Å². The van der Waals surface area contributed by atoms with Gasteiger partial charge in [0, 0.05) is 8.95 Å². The second kappa shape index (κ2) is 10.7. The summed E-state index contributed by atoms with van der Waals surface area (Å²) in [4.78, 5) is 24.4. The number of nitrogens with one attached hydrogen (secondary N) is 2. The predicted octanol–water partition coefficient (Wildman–Crippen LogP) is 3.84. The van der Waals surface area contributed by atoms with Gasteiger partial charge < -0.3 is 0 Å². The number of hydrogen-bond acceptors (Lipinski definition) is 4. The van der Waals surface area contributed by atoms with Gasteiger partial charge in [-0.1, -0.05) is 63.0 Å². The third-order valence-electron chi connectivity index (χ3n) is 3.52. The molecule has 0 unspecified atom stereocenters. The Morgan fingerprint density at radius 1 is 0.926 bits per heavy atom. The normalized spacial score (nSPS) is 11.3. The van der Waals surface area contributed by atoms with E-state index in [0.717, 1.165) is 20.1 Å². The quantitative estimate of drug-likeness (QED) is 0.349. The summed E-state index contributed by atoms with van der Waals surface area (Å²) < 4.78 is 1.82. The summed E-state index contributed by atoms with van der Waals surface area (Å²) in [6.45, 7) is 1.75. The molecule has 0 saturated carbocycles. The van der Waals surface area contributed by atoms with Gasteiger partial charge in [-0.2, -0.15) is 10.2 Å². The molecule has 2 aromatic carbocycles. The van der Waals surface area contributed by atoms with E-state index in [4.69, 9.17) is 0 Å². The summed E-state index contributed by atoms with van der Waals surface area (Å²) in [6, 6.07) is 14.9. The maximum atomic E-state index is 12.2. The van der Waals surface area contributed by atoms with Crippen LogP contribution in [0.15, 0.2) is 67.7 Å². The molecule has 2 N–H and O–H groups in total. The lowest BCUT2D eigenvalue weighted by molar-refractivity contribution is -0.135. The number of nitrogens with zero attached hydrogens (tertiary/aromatic N) is 2. The monoisotopic (exact) mass is 492 g/mol. The Kier molecular flexibility index (Phi) is 8.35. The van der Waals surface area contributed by atoms with E-state index in [1.165, 1.54) is 12.4 Å². The summed E-state index contributed by atoms with van der Waals surface area (Å²) in [5.41, 5.74) is 6.43. The zero-order valence-corrected chi connectivity index (χ0v) is 17.7. The summed E-state index contributed by atoms with van der Waals surface area (Å²) in [5, 5.41) is 7.80. The number of carbonyl (C=O) groups is 2. The van der Waals surface area contributed by atoms with Crippen LogP contribution < -0.4 is 10.9 Å². The standard InChI is InChI=1S/C19H18Br2N4O2/c1-2-17(18(26)24-22-11-13-5-3-7-15(20)9-13)19(27)25-23-12-14-6-4-8-16(21)10-14/h3-12,17H,2H2,1H3,(H,24,26)(H,25,27)/b22-11-,23-12-. The van der Waals surface area contributed by atoms with E-state index in [1.807, 2.05) is 48.5 Å². The Morgan fingerprint density at radius 3 is 1.74 bits per heavy atom. The average molecular weight is 494 g/mol. The highest BCUT2D eigenvalue weighted by atomic mass is 79.9. The Bertz CT molecular complexity index is 799. The molecule has 27 heavy (non-hydrogen) atoms. The molecule has 0 spiro atoms. The Morgan fingerprint density at radius 2 is 1.37 bits per heavy atom. The molecule has 2 rings (SSSR count). The van der Waals surface area contributed by atoms with Crippen molar-refractivity contribution in [1.29, 1.82) is 0 Å². The SMILES string of the molecule is CCC(C(=O)N/N=C\c1cccc(Br)c1)C(=O)N/N=C\c1cccc(Br)c1. The second-order valence-electron chi connectivity index (χ2n) is 5.54. The van der Waals surface area contributed by atoms with E-state index in [0.29, 0.717) is 6.42 Å².